The molecule has 2 aromatic rings. The van der Waals surface area contributed by atoms with E-state index in [4.69, 9.17) is 12.2 Å². The van der Waals surface area contributed by atoms with Gasteiger partial charge in [-0.15, -0.1) is 11.3 Å². The van der Waals surface area contributed by atoms with E-state index in [0.717, 1.165) is 29.6 Å². The summed E-state index contributed by atoms with van der Waals surface area (Å²) in [6.07, 6.45) is 1.86. The van der Waals surface area contributed by atoms with Gasteiger partial charge in [-0.25, -0.2) is 0 Å². The number of thiophene rings is 1. The number of nitrogens with zero attached hydrogens (tertiary/aromatic N) is 2. The van der Waals surface area contributed by atoms with E-state index in [1.54, 1.807) is 15.9 Å². The van der Waals surface area contributed by atoms with Gasteiger partial charge in [0.1, 0.15) is 4.83 Å². The Hall–Kier alpha value is -0.980. The molecule has 104 valence electrons. The maximum absolute atomic E-state index is 12.4. The van der Waals surface area contributed by atoms with Gasteiger partial charge in [-0.1, -0.05) is 6.92 Å². The average Bonchev–Trinajstić information content (AvgIpc) is 2.76. The van der Waals surface area contributed by atoms with Crippen LogP contribution in [-0.2, 0) is 13.0 Å². The first kappa shape index (κ1) is 14.4. The van der Waals surface area contributed by atoms with Gasteiger partial charge in [-0.05, 0) is 51.8 Å². The number of fused-ring (bicyclic) bond motifs is 1. The number of hydrogen-bond acceptors (Lipinski definition) is 4. The molecule has 0 unspecified atom stereocenters. The third-order valence-electron chi connectivity index (χ3n) is 3.06. The molecule has 0 aliphatic rings. The number of aromatic nitrogens is 2. The normalized spacial score (nSPS) is 11.6. The summed E-state index contributed by atoms with van der Waals surface area (Å²) in [6, 6.07) is 1.98. The van der Waals surface area contributed by atoms with Crippen molar-refractivity contribution in [2.75, 3.05) is 20.6 Å². The van der Waals surface area contributed by atoms with E-state index >= 15 is 0 Å². The molecule has 2 heterocycles. The standard InChI is InChI=1S/C13H19N3OS2/c1-4-9-8-10-11(19-9)14-13(18)16(12(10)17)7-5-6-15(2)3/h8H,4-7H2,1-3H3,(H,14,18). The highest BCUT2D eigenvalue weighted by Crippen LogP contribution is 2.21. The summed E-state index contributed by atoms with van der Waals surface area (Å²) in [5, 5.41) is 0.764. The first-order valence-electron chi connectivity index (χ1n) is 6.43. The van der Waals surface area contributed by atoms with Crippen molar-refractivity contribution in [2.45, 2.75) is 26.3 Å². The molecule has 0 spiro atoms. The van der Waals surface area contributed by atoms with Crippen LogP contribution in [0.3, 0.4) is 0 Å². The second-order valence-corrected chi connectivity index (χ2v) is 6.38. The van der Waals surface area contributed by atoms with E-state index < -0.39 is 0 Å². The Kier molecular flexibility index (Phi) is 4.54. The zero-order chi connectivity index (χ0) is 14.0. The van der Waals surface area contributed by atoms with Gasteiger partial charge in [0.05, 0.1) is 5.39 Å². The Bertz CT molecular complexity index is 681. The predicted octanol–water partition coefficient (Wildman–Crippen LogP) is 2.63. The molecule has 0 amide bonds. The van der Waals surface area contributed by atoms with Crippen molar-refractivity contribution in [3.05, 3.63) is 26.1 Å². The predicted molar refractivity (Wildman–Crippen MR) is 83.8 cm³/mol. The lowest BCUT2D eigenvalue weighted by molar-refractivity contribution is 0.384. The van der Waals surface area contributed by atoms with Crippen LogP contribution in [0, 0.1) is 4.77 Å². The lowest BCUT2D eigenvalue weighted by Gasteiger charge is -2.10. The zero-order valence-corrected chi connectivity index (χ0v) is 13.2. The fraction of sp³-hybridized carbons (Fsp3) is 0.538. The summed E-state index contributed by atoms with van der Waals surface area (Å²) in [4.78, 5) is 19.8. The number of H-pyrrole nitrogens is 1. The van der Waals surface area contributed by atoms with E-state index in [-0.39, 0.29) is 5.56 Å². The van der Waals surface area contributed by atoms with Crippen LogP contribution in [0.1, 0.15) is 18.2 Å². The number of hydrogen-bond donors (Lipinski definition) is 1. The molecule has 0 aliphatic carbocycles. The molecule has 0 bridgehead atoms. The second kappa shape index (κ2) is 5.98. The van der Waals surface area contributed by atoms with Gasteiger partial charge in [0.25, 0.3) is 5.56 Å². The Morgan fingerprint density at radius 1 is 1.47 bits per heavy atom. The fourth-order valence-corrected chi connectivity index (χ4v) is 3.35. The van der Waals surface area contributed by atoms with Crippen LogP contribution in [0.4, 0.5) is 0 Å². The third kappa shape index (κ3) is 3.13. The van der Waals surface area contributed by atoms with Gasteiger partial charge in [0.15, 0.2) is 4.77 Å². The van der Waals surface area contributed by atoms with Crippen LogP contribution in [0.2, 0.25) is 0 Å². The highest BCUT2D eigenvalue weighted by Gasteiger charge is 2.09. The first-order valence-corrected chi connectivity index (χ1v) is 7.65. The summed E-state index contributed by atoms with van der Waals surface area (Å²) in [7, 11) is 4.05. The van der Waals surface area contributed by atoms with Gasteiger partial charge in [0, 0.05) is 11.4 Å². The molecule has 0 aliphatic heterocycles. The van der Waals surface area contributed by atoms with Crippen LogP contribution in [0.15, 0.2) is 10.9 Å². The minimum absolute atomic E-state index is 0.0356. The molecular formula is C13H19N3OS2. The lowest BCUT2D eigenvalue weighted by Crippen LogP contribution is -2.24. The Morgan fingerprint density at radius 2 is 2.21 bits per heavy atom. The lowest BCUT2D eigenvalue weighted by atomic mass is 10.3. The molecule has 0 saturated heterocycles. The zero-order valence-electron chi connectivity index (χ0n) is 11.5. The van der Waals surface area contributed by atoms with Gasteiger partial charge in [0.2, 0.25) is 0 Å². The highest BCUT2D eigenvalue weighted by molar-refractivity contribution is 7.71. The quantitative estimate of drug-likeness (QED) is 0.863. The highest BCUT2D eigenvalue weighted by atomic mass is 32.1. The molecule has 0 aromatic carbocycles. The molecule has 0 radical (unpaired) electrons. The largest absolute Gasteiger partial charge is 0.323 e. The van der Waals surface area contributed by atoms with E-state index in [0.29, 0.717) is 11.3 Å². The van der Waals surface area contributed by atoms with Crippen LogP contribution >= 0.6 is 23.6 Å². The van der Waals surface area contributed by atoms with E-state index in [1.165, 1.54) is 4.88 Å². The smallest absolute Gasteiger partial charge is 0.263 e. The number of aryl methyl sites for hydroxylation is 1. The molecule has 19 heavy (non-hydrogen) atoms. The molecule has 0 saturated carbocycles. The summed E-state index contributed by atoms with van der Waals surface area (Å²) >= 11 is 6.91. The SMILES string of the molecule is CCc1cc2c(=O)n(CCCN(C)C)c(=S)[nH]c2s1. The van der Waals surface area contributed by atoms with Crippen molar-refractivity contribution in [1.29, 1.82) is 0 Å². The maximum atomic E-state index is 12.4. The van der Waals surface area contributed by atoms with Crippen molar-refractivity contribution in [2.24, 2.45) is 0 Å². The van der Waals surface area contributed by atoms with E-state index in [1.807, 2.05) is 20.2 Å². The third-order valence-corrected chi connectivity index (χ3v) is 4.58. The van der Waals surface area contributed by atoms with Gasteiger partial charge in [-0.3, -0.25) is 9.36 Å². The topological polar surface area (TPSA) is 41.0 Å². The van der Waals surface area contributed by atoms with Gasteiger partial charge < -0.3 is 9.88 Å². The minimum Gasteiger partial charge on any atom is -0.323 e. The van der Waals surface area contributed by atoms with Crippen LogP contribution in [-0.4, -0.2) is 35.1 Å². The van der Waals surface area contributed by atoms with Crippen LogP contribution in [0.5, 0.6) is 0 Å². The van der Waals surface area contributed by atoms with Crippen molar-refractivity contribution in [3.63, 3.8) is 0 Å². The summed E-state index contributed by atoms with van der Waals surface area (Å²) in [5.74, 6) is 0. The molecule has 2 aromatic heterocycles. The van der Waals surface area contributed by atoms with Crippen molar-refractivity contribution >= 4 is 33.8 Å². The number of rotatable bonds is 5. The van der Waals surface area contributed by atoms with E-state index in [2.05, 4.69) is 16.8 Å². The van der Waals surface area contributed by atoms with Gasteiger partial charge >= 0.3 is 0 Å². The monoisotopic (exact) mass is 297 g/mol. The van der Waals surface area contributed by atoms with Crippen molar-refractivity contribution < 1.29 is 0 Å². The molecule has 6 heteroatoms. The second-order valence-electron chi connectivity index (χ2n) is 4.85. The molecule has 4 nitrogen and oxygen atoms in total. The fourth-order valence-electron chi connectivity index (χ4n) is 2.02. The Balaban J connectivity index is 2.38. The van der Waals surface area contributed by atoms with E-state index in [9.17, 15) is 4.79 Å². The summed E-state index contributed by atoms with van der Waals surface area (Å²) in [6.45, 7) is 3.71. The van der Waals surface area contributed by atoms with Crippen LogP contribution < -0.4 is 5.56 Å². The number of aromatic amines is 1. The first-order chi connectivity index (χ1) is 9.02. The molecule has 0 fully saturated rings. The molecule has 0 atom stereocenters. The van der Waals surface area contributed by atoms with Crippen molar-refractivity contribution in [3.8, 4) is 0 Å². The van der Waals surface area contributed by atoms with Crippen LogP contribution in [0.25, 0.3) is 10.2 Å². The Morgan fingerprint density at radius 3 is 2.84 bits per heavy atom. The minimum atomic E-state index is 0.0356. The number of nitrogens with one attached hydrogen (secondary N) is 1. The summed E-state index contributed by atoms with van der Waals surface area (Å²) in [5.41, 5.74) is 0.0356. The Labute approximate surface area is 121 Å². The molecular weight excluding hydrogens is 278 g/mol. The van der Waals surface area contributed by atoms with Crippen molar-refractivity contribution in [1.82, 2.24) is 14.5 Å². The average molecular weight is 297 g/mol. The maximum Gasteiger partial charge on any atom is 0.263 e. The molecule has 2 rings (SSSR count). The summed E-state index contributed by atoms with van der Waals surface area (Å²) < 4.78 is 2.20. The molecule has 1 N–H and O–H groups in total. The van der Waals surface area contributed by atoms with Gasteiger partial charge in [-0.2, -0.15) is 0 Å².